The lowest BCUT2D eigenvalue weighted by molar-refractivity contribution is 0.00120. The summed E-state index contributed by atoms with van der Waals surface area (Å²) in [6, 6.07) is 0. The van der Waals surface area contributed by atoms with E-state index >= 15 is 0 Å². The highest BCUT2D eigenvalue weighted by Crippen LogP contribution is 2.66. The average molecular weight is 553 g/mol. The number of fused-ring (bicyclic) bond motifs is 1. The number of aliphatic hydroxyl groups excluding tert-OH is 1. The fourth-order valence-electron chi connectivity index (χ4n) is 7.59. The predicted octanol–water partition coefficient (Wildman–Crippen LogP) is 7.59. The van der Waals surface area contributed by atoms with Gasteiger partial charge in [0.1, 0.15) is 0 Å². The van der Waals surface area contributed by atoms with Gasteiger partial charge < -0.3 is 5.11 Å². The Morgan fingerprint density at radius 3 is 2.82 bits per heavy atom. The largest absolute Gasteiger partial charge is 0.393 e. The molecule has 0 saturated heterocycles. The van der Waals surface area contributed by atoms with E-state index in [0.29, 0.717) is 18.3 Å². The molecule has 4 nitrogen and oxygen atoms in total. The third-order valence-corrected chi connectivity index (χ3v) is 11.9. The van der Waals surface area contributed by atoms with E-state index in [2.05, 4.69) is 51.3 Å². The van der Waals surface area contributed by atoms with Gasteiger partial charge in [-0.2, -0.15) is 8.42 Å². The highest BCUT2D eigenvalue weighted by atomic mass is 32.2. The summed E-state index contributed by atoms with van der Waals surface area (Å²) in [5, 5.41) is 9.23. The summed E-state index contributed by atoms with van der Waals surface area (Å²) in [6.45, 7) is 13.7. The minimum absolute atomic E-state index is 0.200. The zero-order chi connectivity index (χ0) is 28.3. The van der Waals surface area contributed by atoms with Crippen LogP contribution in [0.3, 0.4) is 0 Å². The fourth-order valence-corrected chi connectivity index (χ4v) is 8.59. The molecule has 4 rings (SSSR count). The van der Waals surface area contributed by atoms with Gasteiger partial charge in [0.2, 0.25) is 0 Å². The first-order valence-electron chi connectivity index (χ1n) is 14.9. The summed E-state index contributed by atoms with van der Waals surface area (Å²) >= 11 is 0. The van der Waals surface area contributed by atoms with Gasteiger partial charge in [-0.15, -0.1) is 0 Å². The second-order valence-corrected chi connectivity index (χ2v) is 14.6. The van der Waals surface area contributed by atoms with E-state index in [9.17, 15) is 13.5 Å². The summed E-state index contributed by atoms with van der Waals surface area (Å²) in [4.78, 5) is 0. The Balaban J connectivity index is 1.37. The molecule has 214 valence electrons. The monoisotopic (exact) mass is 552 g/mol. The Bertz CT molecular complexity index is 1220. The molecule has 39 heavy (non-hydrogen) atoms. The fraction of sp³-hybridized carbons (Fsp3) is 0.647. The maximum Gasteiger partial charge on any atom is 0.285 e. The third-order valence-electron chi connectivity index (χ3n) is 10.6. The minimum atomic E-state index is -3.76. The zero-order valence-corrected chi connectivity index (χ0v) is 25.3. The van der Waals surface area contributed by atoms with Gasteiger partial charge in [-0.1, -0.05) is 86.3 Å². The number of aliphatic hydroxyl groups is 1. The molecule has 0 bridgehead atoms. The minimum Gasteiger partial charge on any atom is -0.393 e. The average Bonchev–Trinajstić information content (AvgIpc) is 3.16. The normalized spacial score (nSPS) is 38.2. The molecule has 4 aliphatic carbocycles. The predicted molar refractivity (Wildman–Crippen MR) is 160 cm³/mol. The Labute approximate surface area is 237 Å². The Morgan fingerprint density at radius 2 is 2.03 bits per heavy atom. The van der Waals surface area contributed by atoms with Crippen molar-refractivity contribution in [2.75, 3.05) is 6.61 Å². The lowest BCUT2D eigenvalue weighted by Crippen LogP contribution is -2.43. The molecule has 5 heteroatoms. The molecule has 0 radical (unpaired) electrons. The first-order chi connectivity index (χ1) is 18.5. The summed E-state index contributed by atoms with van der Waals surface area (Å²) in [7, 11) is -3.76. The van der Waals surface area contributed by atoms with Crippen molar-refractivity contribution in [2.45, 2.75) is 110 Å². The molecular weight excluding hydrogens is 504 g/mol. The van der Waals surface area contributed by atoms with Crippen molar-refractivity contribution in [2.24, 2.45) is 22.7 Å². The van der Waals surface area contributed by atoms with Crippen LogP contribution in [-0.4, -0.2) is 31.5 Å². The molecule has 0 amide bonds. The summed E-state index contributed by atoms with van der Waals surface area (Å²) in [5.41, 5.74) is 5.40. The van der Waals surface area contributed by atoms with E-state index in [4.69, 9.17) is 4.18 Å². The Morgan fingerprint density at radius 1 is 1.23 bits per heavy atom. The van der Waals surface area contributed by atoms with E-state index < -0.39 is 15.4 Å². The van der Waals surface area contributed by atoms with Crippen LogP contribution in [0, 0.1) is 34.5 Å². The molecule has 3 unspecified atom stereocenters. The van der Waals surface area contributed by atoms with E-state index in [0.717, 1.165) is 44.1 Å². The third kappa shape index (κ3) is 6.55. The highest BCUT2D eigenvalue weighted by Gasteiger charge is 2.57. The molecule has 6 atom stereocenters. The second kappa shape index (κ2) is 12.3. The van der Waals surface area contributed by atoms with Crippen molar-refractivity contribution in [1.82, 2.24) is 0 Å². The molecule has 0 aromatic heterocycles. The van der Waals surface area contributed by atoms with Gasteiger partial charge in [0, 0.05) is 6.42 Å². The van der Waals surface area contributed by atoms with E-state index in [1.165, 1.54) is 36.8 Å². The number of rotatable bonds is 8. The van der Waals surface area contributed by atoms with Gasteiger partial charge in [-0.05, 0) is 99.4 Å². The molecule has 0 aromatic rings. The quantitative estimate of drug-likeness (QED) is 0.191. The van der Waals surface area contributed by atoms with Crippen molar-refractivity contribution in [1.29, 1.82) is 0 Å². The molecule has 1 N–H and O–H groups in total. The van der Waals surface area contributed by atoms with Crippen molar-refractivity contribution >= 4 is 10.1 Å². The van der Waals surface area contributed by atoms with Crippen LogP contribution in [0.25, 0.3) is 0 Å². The first kappa shape index (κ1) is 30.1. The van der Waals surface area contributed by atoms with Crippen molar-refractivity contribution in [3.05, 3.63) is 59.3 Å². The SMILES string of the molecule is C=C1CC[C@H](O)C/C1=C/C=C1\CCCC2(C)[C@H]1CC[C@]2(C)C(C)CCCOS(=O)(=O)C1C#CC/C=C(C)\C=C/1. The van der Waals surface area contributed by atoms with Crippen LogP contribution >= 0.6 is 0 Å². The molecule has 3 saturated carbocycles. The lowest BCUT2D eigenvalue weighted by Gasteiger charge is -2.51. The van der Waals surface area contributed by atoms with E-state index in [-0.39, 0.29) is 23.5 Å². The zero-order valence-electron chi connectivity index (χ0n) is 24.5. The number of allylic oxidation sites excluding steroid dienone is 7. The van der Waals surface area contributed by atoms with Crippen LogP contribution in [0.15, 0.2) is 59.3 Å². The van der Waals surface area contributed by atoms with E-state index in [1.807, 2.05) is 19.1 Å². The molecule has 0 spiro atoms. The standard InChI is InChI=1S/C34H48O4S/c1-25-10-6-7-13-31(19-14-25)39(36,37)38-23-9-11-27(3)33(4)22-20-32-28(12-8-21-34(32,33)5)16-17-29-24-30(35)18-15-26(29)2/h10,14,16-17,19,27,30-32,35H,2,6,8-9,11-12,15,18,20-24H2,1,3-5H3/b19-14-,25-10-,28-16+,29-17-/t27?,30-,31?,32-,33+,34?/m0/s1. The van der Waals surface area contributed by atoms with E-state index in [1.54, 1.807) is 11.6 Å². The first-order valence-corrected chi connectivity index (χ1v) is 16.4. The van der Waals surface area contributed by atoms with Gasteiger partial charge in [0.05, 0.1) is 12.7 Å². The van der Waals surface area contributed by atoms with Gasteiger partial charge >= 0.3 is 0 Å². The molecule has 0 aliphatic heterocycles. The van der Waals surface area contributed by atoms with Crippen molar-refractivity contribution < 1.29 is 17.7 Å². The van der Waals surface area contributed by atoms with Gasteiger partial charge in [0.15, 0.2) is 5.25 Å². The topological polar surface area (TPSA) is 63.6 Å². The van der Waals surface area contributed by atoms with Gasteiger partial charge in [-0.3, -0.25) is 4.18 Å². The number of hydrogen-bond donors (Lipinski definition) is 1. The maximum atomic E-state index is 12.8. The highest BCUT2D eigenvalue weighted by molar-refractivity contribution is 7.87. The van der Waals surface area contributed by atoms with Crippen molar-refractivity contribution in [3.63, 3.8) is 0 Å². The Hall–Kier alpha value is -1.87. The summed E-state index contributed by atoms with van der Waals surface area (Å²) < 4.78 is 31.0. The van der Waals surface area contributed by atoms with Crippen LogP contribution in [0.2, 0.25) is 0 Å². The van der Waals surface area contributed by atoms with Crippen LogP contribution in [0.1, 0.15) is 98.3 Å². The van der Waals surface area contributed by atoms with Gasteiger partial charge in [0.25, 0.3) is 10.1 Å². The van der Waals surface area contributed by atoms with Crippen LogP contribution < -0.4 is 0 Å². The molecule has 4 aliphatic rings. The second-order valence-electron chi connectivity index (χ2n) is 12.8. The summed E-state index contributed by atoms with van der Waals surface area (Å²) in [6.07, 6.45) is 20.5. The number of hydrogen-bond acceptors (Lipinski definition) is 4. The van der Waals surface area contributed by atoms with Crippen LogP contribution in [0.5, 0.6) is 0 Å². The molecular formula is C34H48O4S. The van der Waals surface area contributed by atoms with Gasteiger partial charge in [-0.25, -0.2) is 0 Å². The molecule has 3 fully saturated rings. The smallest absolute Gasteiger partial charge is 0.285 e. The Kier molecular flexibility index (Phi) is 9.52. The maximum absolute atomic E-state index is 12.8. The van der Waals surface area contributed by atoms with Crippen LogP contribution in [0.4, 0.5) is 0 Å². The van der Waals surface area contributed by atoms with Crippen LogP contribution in [-0.2, 0) is 14.3 Å². The molecule has 0 aromatic carbocycles. The lowest BCUT2D eigenvalue weighted by atomic mass is 9.53. The summed E-state index contributed by atoms with van der Waals surface area (Å²) in [5.74, 6) is 6.82. The molecule has 0 heterocycles. The van der Waals surface area contributed by atoms with Crippen molar-refractivity contribution in [3.8, 4) is 11.8 Å².